The number of hydrogen-bond acceptors (Lipinski definition) is 6. The third-order valence-corrected chi connectivity index (χ3v) is 5.19. The van der Waals surface area contributed by atoms with Gasteiger partial charge in [-0.2, -0.15) is 13.2 Å². The first-order valence-corrected chi connectivity index (χ1v) is 10.4. The fourth-order valence-electron chi connectivity index (χ4n) is 3.36. The lowest BCUT2D eigenvalue weighted by Crippen LogP contribution is -2.14. The van der Waals surface area contributed by atoms with Gasteiger partial charge in [0.15, 0.2) is 0 Å². The van der Waals surface area contributed by atoms with E-state index in [0.717, 1.165) is 29.3 Å². The van der Waals surface area contributed by atoms with Gasteiger partial charge in [-0.15, -0.1) is 0 Å². The molecule has 1 amide bonds. The number of nitrogens with one attached hydrogen (secondary N) is 2. The standard InChI is InChI=1S/C25H20F3N5O2/c1-15-5-6-16(24(34)33-21-13-17(25(26,27)28)7-8-22(21)35-2)12-20(15)32-23-18(4-3-10-30-23)19-9-11-29-14-31-19/h3-14H,1-2H3,(H,30,32)(H,33,34). The molecular weight excluding hydrogens is 459 g/mol. The zero-order chi connectivity index (χ0) is 25.0. The van der Waals surface area contributed by atoms with E-state index < -0.39 is 17.6 Å². The summed E-state index contributed by atoms with van der Waals surface area (Å²) in [5.41, 5.74) is 2.08. The third kappa shape index (κ3) is 5.37. The Morgan fingerprint density at radius 1 is 0.971 bits per heavy atom. The van der Waals surface area contributed by atoms with Crippen molar-refractivity contribution >= 4 is 23.1 Å². The van der Waals surface area contributed by atoms with Crippen molar-refractivity contribution in [2.75, 3.05) is 17.7 Å². The molecule has 0 aliphatic heterocycles. The second-order valence-electron chi connectivity index (χ2n) is 7.52. The van der Waals surface area contributed by atoms with Crippen LogP contribution >= 0.6 is 0 Å². The van der Waals surface area contributed by atoms with E-state index in [2.05, 4.69) is 25.6 Å². The van der Waals surface area contributed by atoms with Crippen molar-refractivity contribution in [3.05, 3.63) is 90.0 Å². The highest BCUT2D eigenvalue weighted by molar-refractivity contribution is 6.05. The molecule has 0 bridgehead atoms. The van der Waals surface area contributed by atoms with E-state index >= 15 is 0 Å². The van der Waals surface area contributed by atoms with Crippen LogP contribution in [0.15, 0.2) is 73.3 Å². The summed E-state index contributed by atoms with van der Waals surface area (Å²) in [4.78, 5) is 25.5. The number of hydrogen-bond donors (Lipinski definition) is 2. The average Bonchev–Trinajstić information content (AvgIpc) is 2.85. The number of carbonyl (C=O) groups excluding carboxylic acids is 1. The molecule has 10 heteroatoms. The highest BCUT2D eigenvalue weighted by Crippen LogP contribution is 2.35. The fourth-order valence-corrected chi connectivity index (χ4v) is 3.36. The first-order valence-electron chi connectivity index (χ1n) is 10.4. The second-order valence-corrected chi connectivity index (χ2v) is 7.52. The van der Waals surface area contributed by atoms with Crippen molar-refractivity contribution in [1.82, 2.24) is 15.0 Å². The first-order chi connectivity index (χ1) is 16.8. The van der Waals surface area contributed by atoms with Crippen LogP contribution in [0.1, 0.15) is 21.5 Å². The molecule has 0 unspecified atom stereocenters. The van der Waals surface area contributed by atoms with Gasteiger partial charge in [0.05, 0.1) is 24.1 Å². The summed E-state index contributed by atoms with van der Waals surface area (Å²) in [5, 5.41) is 5.74. The van der Waals surface area contributed by atoms with Crippen LogP contribution in [-0.4, -0.2) is 28.0 Å². The van der Waals surface area contributed by atoms with E-state index in [0.29, 0.717) is 17.2 Å². The van der Waals surface area contributed by atoms with Crippen LogP contribution in [0.2, 0.25) is 0 Å². The number of halogens is 3. The number of methoxy groups -OCH3 is 1. The Bertz CT molecular complexity index is 1360. The topological polar surface area (TPSA) is 89.0 Å². The molecule has 2 aromatic heterocycles. The summed E-state index contributed by atoms with van der Waals surface area (Å²) in [7, 11) is 1.31. The molecule has 35 heavy (non-hydrogen) atoms. The quantitative estimate of drug-likeness (QED) is 0.360. The number of alkyl halides is 3. The molecule has 0 aliphatic carbocycles. The summed E-state index contributed by atoms with van der Waals surface area (Å²) in [5.74, 6) is 0.0360. The summed E-state index contributed by atoms with van der Waals surface area (Å²) < 4.78 is 44.6. The molecule has 0 fully saturated rings. The highest BCUT2D eigenvalue weighted by atomic mass is 19.4. The van der Waals surface area contributed by atoms with E-state index in [1.165, 1.54) is 13.4 Å². The maximum absolute atomic E-state index is 13.1. The summed E-state index contributed by atoms with van der Waals surface area (Å²) >= 11 is 0. The fraction of sp³-hybridized carbons (Fsp3) is 0.120. The van der Waals surface area contributed by atoms with E-state index in [1.54, 1.807) is 42.7 Å². The smallest absolute Gasteiger partial charge is 0.416 e. The van der Waals surface area contributed by atoms with Gasteiger partial charge in [-0.1, -0.05) is 6.07 Å². The monoisotopic (exact) mass is 479 g/mol. The van der Waals surface area contributed by atoms with Crippen molar-refractivity contribution in [3.63, 3.8) is 0 Å². The van der Waals surface area contributed by atoms with Gasteiger partial charge in [0.1, 0.15) is 17.9 Å². The van der Waals surface area contributed by atoms with Gasteiger partial charge >= 0.3 is 6.18 Å². The largest absolute Gasteiger partial charge is 0.495 e. The van der Waals surface area contributed by atoms with Crippen LogP contribution in [0.25, 0.3) is 11.3 Å². The third-order valence-electron chi connectivity index (χ3n) is 5.19. The molecule has 178 valence electrons. The lowest BCUT2D eigenvalue weighted by Gasteiger charge is -2.15. The molecule has 0 atom stereocenters. The number of pyridine rings is 1. The molecule has 2 N–H and O–H groups in total. The Morgan fingerprint density at radius 2 is 1.80 bits per heavy atom. The molecule has 4 rings (SSSR count). The van der Waals surface area contributed by atoms with Gasteiger partial charge in [0, 0.05) is 29.2 Å². The minimum absolute atomic E-state index is 0.0850. The van der Waals surface area contributed by atoms with Gasteiger partial charge in [-0.05, 0) is 61.0 Å². The summed E-state index contributed by atoms with van der Waals surface area (Å²) in [6, 6.07) is 13.2. The molecular formula is C25H20F3N5O2. The van der Waals surface area contributed by atoms with Gasteiger partial charge in [-0.25, -0.2) is 15.0 Å². The maximum atomic E-state index is 13.1. The van der Waals surface area contributed by atoms with Crippen LogP contribution in [0.3, 0.4) is 0 Å². The number of rotatable bonds is 6. The Balaban J connectivity index is 1.63. The SMILES string of the molecule is COc1ccc(C(F)(F)F)cc1NC(=O)c1ccc(C)c(Nc2ncccc2-c2ccncn2)c1. The van der Waals surface area contributed by atoms with Crippen molar-refractivity contribution < 1.29 is 22.7 Å². The number of amides is 1. The number of benzene rings is 2. The summed E-state index contributed by atoms with van der Waals surface area (Å²) in [6.07, 6.45) is 0.122. The van der Waals surface area contributed by atoms with Crippen LogP contribution in [0, 0.1) is 6.92 Å². The van der Waals surface area contributed by atoms with Crippen molar-refractivity contribution in [2.45, 2.75) is 13.1 Å². The van der Waals surface area contributed by atoms with Crippen molar-refractivity contribution in [2.24, 2.45) is 0 Å². The zero-order valence-electron chi connectivity index (χ0n) is 18.7. The van der Waals surface area contributed by atoms with Crippen molar-refractivity contribution in [1.29, 1.82) is 0 Å². The Kier molecular flexibility index (Phi) is 6.63. The van der Waals surface area contributed by atoms with Crippen LogP contribution in [-0.2, 0) is 6.18 Å². The number of carbonyl (C=O) groups is 1. The normalized spacial score (nSPS) is 11.1. The van der Waals surface area contributed by atoms with E-state index in [9.17, 15) is 18.0 Å². The van der Waals surface area contributed by atoms with Gasteiger partial charge < -0.3 is 15.4 Å². The average molecular weight is 479 g/mol. The van der Waals surface area contributed by atoms with E-state index in [1.807, 2.05) is 13.0 Å². The minimum Gasteiger partial charge on any atom is -0.495 e. The van der Waals surface area contributed by atoms with Crippen LogP contribution < -0.4 is 15.4 Å². The number of ether oxygens (including phenoxy) is 1. The number of aryl methyl sites for hydroxylation is 1. The molecule has 0 saturated carbocycles. The summed E-state index contributed by atoms with van der Waals surface area (Å²) in [6.45, 7) is 1.85. The molecule has 4 aromatic rings. The predicted octanol–water partition coefficient (Wildman–Crippen LogP) is 5.87. The molecule has 0 aliphatic rings. The molecule has 0 radical (unpaired) electrons. The van der Waals surface area contributed by atoms with Gasteiger partial charge in [-0.3, -0.25) is 4.79 Å². The number of nitrogens with zero attached hydrogens (tertiary/aromatic N) is 3. The predicted molar refractivity (Wildman–Crippen MR) is 126 cm³/mol. The van der Waals surface area contributed by atoms with Crippen LogP contribution in [0.5, 0.6) is 5.75 Å². The second kappa shape index (κ2) is 9.80. The lowest BCUT2D eigenvalue weighted by molar-refractivity contribution is -0.137. The molecule has 2 heterocycles. The van der Waals surface area contributed by atoms with Crippen molar-refractivity contribution in [3.8, 4) is 17.0 Å². The Labute approximate surface area is 199 Å². The van der Waals surface area contributed by atoms with Gasteiger partial charge in [0.25, 0.3) is 5.91 Å². The lowest BCUT2D eigenvalue weighted by atomic mass is 10.1. The van der Waals surface area contributed by atoms with Crippen LogP contribution in [0.4, 0.5) is 30.4 Å². The Hall–Kier alpha value is -4.47. The molecule has 7 nitrogen and oxygen atoms in total. The minimum atomic E-state index is -4.56. The number of aromatic nitrogens is 3. The molecule has 0 spiro atoms. The molecule has 0 saturated heterocycles. The maximum Gasteiger partial charge on any atom is 0.416 e. The Morgan fingerprint density at radius 3 is 2.51 bits per heavy atom. The van der Waals surface area contributed by atoms with E-state index in [-0.39, 0.29) is 17.0 Å². The molecule has 2 aromatic carbocycles. The number of anilines is 3. The highest BCUT2D eigenvalue weighted by Gasteiger charge is 2.31. The van der Waals surface area contributed by atoms with Gasteiger partial charge in [0.2, 0.25) is 0 Å². The zero-order valence-corrected chi connectivity index (χ0v) is 18.7. The van der Waals surface area contributed by atoms with E-state index in [4.69, 9.17) is 4.74 Å². The first kappa shape index (κ1) is 23.7.